The molecule has 2 N–H and O–H groups in total. The van der Waals surface area contributed by atoms with Crippen LogP contribution in [-0.2, 0) is 30.8 Å². The van der Waals surface area contributed by atoms with Crippen LogP contribution in [0.4, 0.5) is 0 Å². The summed E-state index contributed by atoms with van der Waals surface area (Å²) in [5, 5.41) is 2.87. The summed E-state index contributed by atoms with van der Waals surface area (Å²) in [6.07, 6.45) is 2.76. The van der Waals surface area contributed by atoms with Gasteiger partial charge in [-0.1, -0.05) is 24.3 Å². The quantitative estimate of drug-likeness (QED) is 0.615. The molecular weight excluding hydrogens is 408 g/mol. The molecule has 0 saturated carbocycles. The van der Waals surface area contributed by atoms with Crippen LogP contribution in [0.25, 0.3) is 0 Å². The first-order valence-corrected chi connectivity index (χ1v) is 11.0. The van der Waals surface area contributed by atoms with Gasteiger partial charge in [0, 0.05) is 0 Å². The highest BCUT2D eigenvalue weighted by molar-refractivity contribution is 7.89. The number of carbonyl (C=O) groups is 2. The van der Waals surface area contributed by atoms with Gasteiger partial charge in [-0.3, -0.25) is 9.59 Å². The van der Waals surface area contributed by atoms with Crippen molar-refractivity contribution >= 4 is 21.9 Å². The number of aryl methyl sites for hydroxylation is 1. The van der Waals surface area contributed by atoms with Gasteiger partial charge in [0.2, 0.25) is 10.0 Å². The van der Waals surface area contributed by atoms with Gasteiger partial charge in [-0.15, -0.1) is 0 Å². The Hall–Kier alpha value is -2.91. The average Bonchev–Trinajstić information content (AvgIpc) is 2.76. The van der Waals surface area contributed by atoms with Crippen LogP contribution in [0, 0.1) is 0 Å². The minimum Gasteiger partial charge on any atom is -0.497 e. The zero-order chi connectivity index (χ0) is 21.6. The van der Waals surface area contributed by atoms with Crippen LogP contribution in [0.5, 0.6) is 5.75 Å². The molecule has 1 amide bonds. The summed E-state index contributed by atoms with van der Waals surface area (Å²) in [7, 11) is -2.41. The van der Waals surface area contributed by atoms with Crippen molar-refractivity contribution in [1.82, 2.24) is 10.0 Å². The Bertz CT molecular complexity index is 1000. The van der Waals surface area contributed by atoms with E-state index in [1.807, 2.05) is 24.3 Å². The normalized spacial score (nSPS) is 15.7. The van der Waals surface area contributed by atoms with Crippen molar-refractivity contribution in [2.75, 3.05) is 20.3 Å². The molecule has 160 valence electrons. The molecule has 0 heterocycles. The van der Waals surface area contributed by atoms with E-state index in [2.05, 4.69) is 10.0 Å². The maximum absolute atomic E-state index is 12.2. The van der Waals surface area contributed by atoms with Crippen molar-refractivity contribution in [3.8, 4) is 5.75 Å². The summed E-state index contributed by atoms with van der Waals surface area (Å²) in [5.74, 6) is -0.755. The molecular formula is C21H24N2O6S. The number of benzene rings is 2. The van der Waals surface area contributed by atoms with Crippen molar-refractivity contribution in [2.24, 2.45) is 0 Å². The Balaban J connectivity index is 1.46. The highest BCUT2D eigenvalue weighted by Gasteiger charge is 2.22. The van der Waals surface area contributed by atoms with E-state index in [-0.39, 0.29) is 10.9 Å². The number of esters is 1. The minimum atomic E-state index is -3.88. The first-order valence-electron chi connectivity index (χ1n) is 9.55. The van der Waals surface area contributed by atoms with Crippen LogP contribution in [0.2, 0.25) is 0 Å². The van der Waals surface area contributed by atoms with Crippen molar-refractivity contribution in [2.45, 2.75) is 30.2 Å². The average molecular weight is 432 g/mol. The van der Waals surface area contributed by atoms with Gasteiger partial charge < -0.3 is 14.8 Å². The molecule has 8 nitrogen and oxygen atoms in total. The number of sulfonamides is 1. The third-order valence-corrected chi connectivity index (χ3v) is 6.26. The summed E-state index contributed by atoms with van der Waals surface area (Å²) in [6, 6.07) is 13.5. The lowest BCUT2D eigenvalue weighted by atomic mass is 9.88. The monoisotopic (exact) mass is 432 g/mol. The third-order valence-electron chi connectivity index (χ3n) is 4.85. The molecule has 0 aromatic heterocycles. The predicted octanol–water partition coefficient (Wildman–Crippen LogP) is 1.71. The molecule has 9 heteroatoms. The Morgan fingerprint density at radius 1 is 1.10 bits per heavy atom. The molecule has 0 aliphatic heterocycles. The highest BCUT2D eigenvalue weighted by atomic mass is 32.2. The maximum atomic E-state index is 12.2. The molecule has 1 aliphatic rings. The lowest BCUT2D eigenvalue weighted by Crippen LogP contribution is -2.36. The predicted molar refractivity (Wildman–Crippen MR) is 109 cm³/mol. The Labute approximate surface area is 175 Å². The van der Waals surface area contributed by atoms with Gasteiger partial charge in [-0.2, -0.15) is 4.72 Å². The van der Waals surface area contributed by atoms with Gasteiger partial charge in [-0.05, 0) is 54.7 Å². The molecule has 0 saturated heterocycles. The number of rotatable bonds is 8. The fraction of sp³-hybridized carbons (Fsp3) is 0.333. The summed E-state index contributed by atoms with van der Waals surface area (Å²) >= 11 is 0. The number of fused-ring (bicyclic) bond motifs is 1. The molecule has 0 fully saturated rings. The number of amides is 1. The lowest BCUT2D eigenvalue weighted by molar-refractivity contribution is -0.147. The van der Waals surface area contributed by atoms with Gasteiger partial charge in [0.05, 0.1) is 18.0 Å². The smallest absolute Gasteiger partial charge is 0.321 e. The summed E-state index contributed by atoms with van der Waals surface area (Å²) in [4.78, 5) is 24.0. The number of hydrogen-bond donors (Lipinski definition) is 2. The molecule has 0 bridgehead atoms. The standard InChI is InChI=1S/C21H24N2O6S/c1-28-16-9-11-17(12-10-16)30(26,27)22-13-21(25)29-14-20(24)23-19-8-4-6-15-5-2-3-7-18(15)19/h2-3,5,7,9-12,19,22H,4,6,8,13-14H2,1H3,(H,23,24)/t19-/m0/s1. The summed E-state index contributed by atoms with van der Waals surface area (Å²) in [6.45, 7) is -1.05. The summed E-state index contributed by atoms with van der Waals surface area (Å²) in [5.41, 5.74) is 2.29. The maximum Gasteiger partial charge on any atom is 0.321 e. The van der Waals surface area contributed by atoms with Crippen molar-refractivity contribution in [3.05, 3.63) is 59.7 Å². The highest BCUT2D eigenvalue weighted by Crippen LogP contribution is 2.29. The number of methoxy groups -OCH3 is 1. The zero-order valence-corrected chi connectivity index (χ0v) is 17.4. The van der Waals surface area contributed by atoms with Crippen LogP contribution in [0.3, 0.4) is 0 Å². The molecule has 1 atom stereocenters. The van der Waals surface area contributed by atoms with Crippen LogP contribution in [-0.4, -0.2) is 40.6 Å². The number of ether oxygens (including phenoxy) is 2. The van der Waals surface area contributed by atoms with E-state index in [0.29, 0.717) is 5.75 Å². The van der Waals surface area contributed by atoms with Gasteiger partial charge in [-0.25, -0.2) is 8.42 Å². The summed E-state index contributed by atoms with van der Waals surface area (Å²) < 4.78 is 36.5. The second-order valence-electron chi connectivity index (χ2n) is 6.87. The second kappa shape index (κ2) is 9.73. The van der Waals surface area contributed by atoms with Gasteiger partial charge >= 0.3 is 5.97 Å². The minimum absolute atomic E-state index is 0.00944. The van der Waals surface area contributed by atoms with Crippen molar-refractivity contribution < 1.29 is 27.5 Å². The van der Waals surface area contributed by atoms with Gasteiger partial charge in [0.15, 0.2) is 6.61 Å². The molecule has 3 rings (SSSR count). The van der Waals surface area contributed by atoms with Crippen LogP contribution < -0.4 is 14.8 Å². The third kappa shape index (κ3) is 5.58. The Morgan fingerprint density at radius 2 is 1.83 bits per heavy atom. The van der Waals surface area contributed by atoms with E-state index in [0.717, 1.165) is 24.8 Å². The fourth-order valence-electron chi connectivity index (χ4n) is 3.33. The zero-order valence-electron chi connectivity index (χ0n) is 16.6. The first-order chi connectivity index (χ1) is 14.4. The van der Waals surface area contributed by atoms with E-state index in [9.17, 15) is 18.0 Å². The van der Waals surface area contributed by atoms with Crippen LogP contribution in [0.1, 0.15) is 30.0 Å². The first kappa shape index (κ1) is 21.8. The van der Waals surface area contributed by atoms with Crippen LogP contribution >= 0.6 is 0 Å². The lowest BCUT2D eigenvalue weighted by Gasteiger charge is -2.26. The molecule has 2 aromatic carbocycles. The molecule has 1 aliphatic carbocycles. The van der Waals surface area contributed by atoms with E-state index >= 15 is 0 Å². The van der Waals surface area contributed by atoms with E-state index < -0.39 is 35.1 Å². The Kier molecular flexibility index (Phi) is 7.07. The van der Waals surface area contributed by atoms with Crippen LogP contribution in [0.15, 0.2) is 53.4 Å². The number of hydrogen-bond acceptors (Lipinski definition) is 6. The van der Waals surface area contributed by atoms with Crippen molar-refractivity contribution in [1.29, 1.82) is 0 Å². The second-order valence-corrected chi connectivity index (χ2v) is 8.64. The molecule has 0 radical (unpaired) electrons. The number of nitrogens with one attached hydrogen (secondary N) is 2. The van der Waals surface area contributed by atoms with E-state index in [1.165, 1.54) is 36.9 Å². The molecule has 2 aromatic rings. The SMILES string of the molecule is COc1ccc(S(=O)(=O)NCC(=O)OCC(=O)N[C@H]2CCCc3ccccc32)cc1. The fourth-order valence-corrected chi connectivity index (χ4v) is 4.30. The molecule has 0 unspecified atom stereocenters. The Morgan fingerprint density at radius 3 is 2.57 bits per heavy atom. The van der Waals surface area contributed by atoms with Gasteiger partial charge in [0.25, 0.3) is 5.91 Å². The molecule has 0 spiro atoms. The number of carbonyl (C=O) groups excluding carboxylic acids is 2. The topological polar surface area (TPSA) is 111 Å². The largest absolute Gasteiger partial charge is 0.497 e. The molecule has 30 heavy (non-hydrogen) atoms. The van der Waals surface area contributed by atoms with E-state index in [4.69, 9.17) is 9.47 Å². The van der Waals surface area contributed by atoms with Crippen molar-refractivity contribution in [3.63, 3.8) is 0 Å². The van der Waals surface area contributed by atoms with E-state index in [1.54, 1.807) is 0 Å². The van der Waals surface area contributed by atoms with Gasteiger partial charge in [0.1, 0.15) is 12.3 Å².